The third-order valence-electron chi connectivity index (χ3n) is 2.80. The minimum absolute atomic E-state index is 0.714. The fourth-order valence-corrected chi connectivity index (χ4v) is 1.98. The van der Waals surface area contributed by atoms with E-state index < -0.39 is 0 Å². The van der Waals surface area contributed by atoms with Crippen molar-refractivity contribution in [3.05, 3.63) is 29.8 Å². The number of hydrogen-bond acceptors (Lipinski definition) is 2. The summed E-state index contributed by atoms with van der Waals surface area (Å²) in [4.78, 5) is 2.38. The van der Waals surface area contributed by atoms with Crippen LogP contribution >= 0.6 is 0 Å². The normalized spacial score (nSPS) is 23.6. The number of nitrogens with zero attached hydrogens (tertiary/aromatic N) is 1. The molecule has 1 aliphatic heterocycles. The molecule has 1 atom stereocenters. The molecule has 1 fully saturated rings. The largest absolute Gasteiger partial charge is 0.399 e. The molecule has 13 heavy (non-hydrogen) atoms. The van der Waals surface area contributed by atoms with Crippen LogP contribution in [0.4, 0.5) is 5.69 Å². The van der Waals surface area contributed by atoms with Crippen LogP contribution in [0.15, 0.2) is 24.3 Å². The third kappa shape index (κ3) is 1.83. The number of nitrogen functional groups attached to an aromatic ring is 1. The lowest BCUT2D eigenvalue weighted by atomic mass is 9.98. The predicted molar refractivity (Wildman–Crippen MR) is 55.7 cm³/mol. The van der Waals surface area contributed by atoms with Crippen LogP contribution in [0.1, 0.15) is 17.9 Å². The van der Waals surface area contributed by atoms with Gasteiger partial charge in [0.1, 0.15) is 0 Å². The van der Waals surface area contributed by atoms with Gasteiger partial charge in [0.05, 0.1) is 0 Å². The highest BCUT2D eigenvalue weighted by Crippen LogP contribution is 2.26. The van der Waals surface area contributed by atoms with Crippen LogP contribution < -0.4 is 5.73 Å². The summed E-state index contributed by atoms with van der Waals surface area (Å²) < 4.78 is 0. The Balaban J connectivity index is 2.13. The van der Waals surface area contributed by atoms with Crippen molar-refractivity contribution in [3.63, 3.8) is 0 Å². The molecule has 1 aromatic rings. The molecule has 0 bridgehead atoms. The summed E-state index contributed by atoms with van der Waals surface area (Å²) in [6.07, 6.45) is 1.28. The Morgan fingerprint density at radius 2 is 2.00 bits per heavy atom. The first-order valence-corrected chi connectivity index (χ1v) is 4.79. The number of hydrogen-bond donors (Lipinski definition) is 1. The van der Waals surface area contributed by atoms with Gasteiger partial charge in [-0.15, -0.1) is 0 Å². The van der Waals surface area contributed by atoms with E-state index in [1.165, 1.54) is 25.1 Å². The van der Waals surface area contributed by atoms with Crippen LogP contribution in [-0.2, 0) is 0 Å². The molecule has 0 spiro atoms. The van der Waals surface area contributed by atoms with Gasteiger partial charge in [-0.1, -0.05) is 12.1 Å². The lowest BCUT2D eigenvalue weighted by Gasteiger charge is -2.10. The van der Waals surface area contributed by atoms with E-state index in [0.717, 1.165) is 5.69 Å². The Bertz CT molecular complexity index is 279. The van der Waals surface area contributed by atoms with Crippen LogP contribution in [0.3, 0.4) is 0 Å². The molecule has 2 heteroatoms. The first-order chi connectivity index (χ1) is 6.25. The summed E-state index contributed by atoms with van der Waals surface area (Å²) in [5.74, 6) is 0.714. The zero-order valence-corrected chi connectivity index (χ0v) is 8.03. The van der Waals surface area contributed by atoms with E-state index in [1.54, 1.807) is 0 Å². The van der Waals surface area contributed by atoms with Gasteiger partial charge in [-0.05, 0) is 43.6 Å². The predicted octanol–water partition coefficient (Wildman–Crippen LogP) is 1.69. The second-order valence-corrected chi connectivity index (χ2v) is 3.91. The second kappa shape index (κ2) is 3.38. The SMILES string of the molecule is CN1CCC(c2ccc(N)cc2)C1. The van der Waals surface area contributed by atoms with E-state index >= 15 is 0 Å². The van der Waals surface area contributed by atoms with Gasteiger partial charge in [0, 0.05) is 12.2 Å². The van der Waals surface area contributed by atoms with Crippen LogP contribution in [0.2, 0.25) is 0 Å². The van der Waals surface area contributed by atoms with Crippen LogP contribution in [-0.4, -0.2) is 25.0 Å². The molecule has 0 aromatic heterocycles. The van der Waals surface area contributed by atoms with Crippen LogP contribution in [0, 0.1) is 0 Å². The number of likely N-dealkylation sites (tertiary alicyclic amines) is 1. The van der Waals surface area contributed by atoms with Gasteiger partial charge in [0.25, 0.3) is 0 Å². The highest BCUT2D eigenvalue weighted by atomic mass is 15.1. The third-order valence-corrected chi connectivity index (χ3v) is 2.80. The first-order valence-electron chi connectivity index (χ1n) is 4.79. The molecule has 2 N–H and O–H groups in total. The summed E-state index contributed by atoms with van der Waals surface area (Å²) in [5.41, 5.74) is 7.93. The Kier molecular flexibility index (Phi) is 2.23. The maximum atomic E-state index is 5.64. The average Bonchev–Trinajstić information content (AvgIpc) is 2.53. The molecule has 0 radical (unpaired) electrons. The van der Waals surface area contributed by atoms with E-state index in [4.69, 9.17) is 5.73 Å². The van der Waals surface area contributed by atoms with E-state index in [1.807, 2.05) is 12.1 Å². The molecule has 2 rings (SSSR count). The maximum Gasteiger partial charge on any atom is 0.0314 e. The van der Waals surface area contributed by atoms with E-state index in [9.17, 15) is 0 Å². The molecule has 2 nitrogen and oxygen atoms in total. The molecule has 0 aliphatic carbocycles. The monoisotopic (exact) mass is 176 g/mol. The summed E-state index contributed by atoms with van der Waals surface area (Å²) in [5, 5.41) is 0. The van der Waals surface area contributed by atoms with Gasteiger partial charge >= 0.3 is 0 Å². The molecule has 0 amide bonds. The van der Waals surface area contributed by atoms with Gasteiger partial charge < -0.3 is 10.6 Å². The van der Waals surface area contributed by atoms with Gasteiger partial charge in [-0.25, -0.2) is 0 Å². The van der Waals surface area contributed by atoms with Gasteiger partial charge in [-0.3, -0.25) is 0 Å². The smallest absolute Gasteiger partial charge is 0.0314 e. The molecule has 70 valence electrons. The fourth-order valence-electron chi connectivity index (χ4n) is 1.98. The molecule has 0 saturated carbocycles. The number of benzene rings is 1. The Labute approximate surface area is 79.4 Å². The van der Waals surface area contributed by atoms with Crippen molar-refractivity contribution < 1.29 is 0 Å². The molecular formula is C11H16N2. The number of nitrogens with two attached hydrogens (primary N) is 1. The molecule has 1 aromatic carbocycles. The lowest BCUT2D eigenvalue weighted by molar-refractivity contribution is 0.411. The van der Waals surface area contributed by atoms with Crippen molar-refractivity contribution in [2.45, 2.75) is 12.3 Å². The number of likely N-dealkylation sites (N-methyl/N-ethyl adjacent to an activating group) is 1. The quantitative estimate of drug-likeness (QED) is 0.660. The van der Waals surface area contributed by atoms with Crippen LogP contribution in [0.5, 0.6) is 0 Å². The second-order valence-electron chi connectivity index (χ2n) is 3.91. The topological polar surface area (TPSA) is 29.3 Å². The minimum atomic E-state index is 0.714. The summed E-state index contributed by atoms with van der Waals surface area (Å²) in [7, 11) is 2.18. The fraction of sp³-hybridized carbons (Fsp3) is 0.455. The summed E-state index contributed by atoms with van der Waals surface area (Å²) in [6.45, 7) is 2.40. The van der Waals surface area contributed by atoms with Crippen molar-refractivity contribution in [3.8, 4) is 0 Å². The zero-order chi connectivity index (χ0) is 9.26. The van der Waals surface area contributed by atoms with Crippen molar-refractivity contribution in [2.24, 2.45) is 0 Å². The van der Waals surface area contributed by atoms with Gasteiger partial charge in [0.2, 0.25) is 0 Å². The van der Waals surface area contributed by atoms with E-state index in [-0.39, 0.29) is 0 Å². The average molecular weight is 176 g/mol. The zero-order valence-electron chi connectivity index (χ0n) is 8.03. The van der Waals surface area contributed by atoms with Crippen molar-refractivity contribution >= 4 is 5.69 Å². The molecule has 1 saturated heterocycles. The summed E-state index contributed by atoms with van der Waals surface area (Å²) >= 11 is 0. The number of rotatable bonds is 1. The van der Waals surface area contributed by atoms with Crippen molar-refractivity contribution in [2.75, 3.05) is 25.9 Å². The minimum Gasteiger partial charge on any atom is -0.399 e. The van der Waals surface area contributed by atoms with E-state index in [2.05, 4.69) is 24.1 Å². The molecule has 1 unspecified atom stereocenters. The Morgan fingerprint density at radius 1 is 1.31 bits per heavy atom. The van der Waals surface area contributed by atoms with Crippen molar-refractivity contribution in [1.82, 2.24) is 4.90 Å². The highest BCUT2D eigenvalue weighted by molar-refractivity contribution is 5.40. The molecule has 1 aliphatic rings. The highest BCUT2D eigenvalue weighted by Gasteiger charge is 2.20. The number of anilines is 1. The Morgan fingerprint density at radius 3 is 2.54 bits per heavy atom. The maximum absolute atomic E-state index is 5.64. The first kappa shape index (κ1) is 8.57. The lowest BCUT2D eigenvalue weighted by Crippen LogP contribution is -2.13. The molecular weight excluding hydrogens is 160 g/mol. The Hall–Kier alpha value is -1.02. The van der Waals surface area contributed by atoms with E-state index in [0.29, 0.717) is 5.92 Å². The molecule has 1 heterocycles. The van der Waals surface area contributed by atoms with Crippen molar-refractivity contribution in [1.29, 1.82) is 0 Å². The standard InChI is InChI=1S/C11H16N2/c1-13-7-6-10(8-13)9-2-4-11(12)5-3-9/h2-5,10H,6-8,12H2,1H3. The van der Waals surface area contributed by atoms with Gasteiger partial charge in [-0.2, -0.15) is 0 Å². The summed E-state index contributed by atoms with van der Waals surface area (Å²) in [6, 6.07) is 8.29. The van der Waals surface area contributed by atoms with Gasteiger partial charge in [0.15, 0.2) is 0 Å². The van der Waals surface area contributed by atoms with Crippen LogP contribution in [0.25, 0.3) is 0 Å².